The molecule has 3 aromatic carbocycles. The van der Waals surface area contributed by atoms with Gasteiger partial charge in [0.1, 0.15) is 11.6 Å². The first-order valence-corrected chi connectivity index (χ1v) is 11.9. The van der Waals surface area contributed by atoms with Gasteiger partial charge < -0.3 is 15.4 Å². The van der Waals surface area contributed by atoms with Gasteiger partial charge in [0.2, 0.25) is 0 Å². The van der Waals surface area contributed by atoms with E-state index in [-0.39, 0.29) is 35.6 Å². The van der Waals surface area contributed by atoms with Gasteiger partial charge in [-0.3, -0.25) is 0 Å². The van der Waals surface area contributed by atoms with Crippen molar-refractivity contribution in [3.63, 3.8) is 0 Å². The van der Waals surface area contributed by atoms with Crippen molar-refractivity contribution in [3.8, 4) is 11.1 Å². The van der Waals surface area contributed by atoms with Crippen LogP contribution in [0.1, 0.15) is 47.8 Å². The molecule has 1 aromatic heterocycles. The van der Waals surface area contributed by atoms with Crippen LogP contribution in [0.4, 0.5) is 22.0 Å². The van der Waals surface area contributed by atoms with E-state index in [4.69, 9.17) is 0 Å². The maximum Gasteiger partial charge on any atom is 0.416 e. The molecule has 3 N–H and O–H groups in total. The van der Waals surface area contributed by atoms with Gasteiger partial charge in [-0.1, -0.05) is 30.3 Å². The highest BCUT2D eigenvalue weighted by atomic mass is 35.5. The van der Waals surface area contributed by atoms with Crippen LogP contribution in [0.25, 0.3) is 22.0 Å². The molecule has 1 aliphatic heterocycles. The third-order valence-corrected chi connectivity index (χ3v) is 6.90. The zero-order chi connectivity index (χ0) is 25.4. The molecule has 0 radical (unpaired) electrons. The zero-order valence-corrected chi connectivity index (χ0v) is 20.5. The van der Waals surface area contributed by atoms with Crippen molar-refractivity contribution >= 4 is 23.3 Å². The van der Waals surface area contributed by atoms with Crippen LogP contribution < -0.4 is 5.32 Å². The molecule has 9 heteroatoms. The van der Waals surface area contributed by atoms with Gasteiger partial charge in [0, 0.05) is 30.1 Å². The summed E-state index contributed by atoms with van der Waals surface area (Å²) in [5.41, 5.74) is 3.44. The molecule has 2 heterocycles. The molecule has 0 bridgehead atoms. The minimum atomic E-state index is -4.45. The molecule has 196 valence electrons. The van der Waals surface area contributed by atoms with Gasteiger partial charge in [-0.25, -0.2) is 8.78 Å². The highest BCUT2D eigenvalue weighted by Gasteiger charge is 2.31. The molecule has 0 fully saturated rings. The van der Waals surface area contributed by atoms with E-state index >= 15 is 0 Å². The Morgan fingerprint density at radius 3 is 2.49 bits per heavy atom. The van der Waals surface area contributed by atoms with Gasteiger partial charge in [-0.05, 0) is 71.8 Å². The molecule has 3 nitrogen and oxygen atoms in total. The number of hydrogen-bond donors (Lipinski definition) is 3. The molecular weight excluding hydrogens is 511 g/mol. The fraction of sp³-hybridized carbons (Fsp3) is 0.286. The molecule has 0 saturated heterocycles. The average molecular weight is 537 g/mol. The van der Waals surface area contributed by atoms with Crippen LogP contribution in [0, 0.1) is 11.6 Å². The largest absolute Gasteiger partial charge is 0.416 e. The summed E-state index contributed by atoms with van der Waals surface area (Å²) in [6.45, 7) is 0.522. The number of halogens is 6. The van der Waals surface area contributed by atoms with Gasteiger partial charge in [0.05, 0.1) is 17.2 Å². The number of benzene rings is 3. The van der Waals surface area contributed by atoms with Crippen LogP contribution >= 0.6 is 12.4 Å². The molecule has 1 aliphatic rings. The number of hydrogen-bond acceptors (Lipinski definition) is 2. The van der Waals surface area contributed by atoms with Gasteiger partial charge in [0.25, 0.3) is 0 Å². The van der Waals surface area contributed by atoms with E-state index in [1.165, 1.54) is 30.3 Å². The van der Waals surface area contributed by atoms with Crippen LogP contribution in [0.2, 0.25) is 0 Å². The Balaban J connectivity index is 0.00000320. The zero-order valence-electron chi connectivity index (χ0n) is 19.7. The lowest BCUT2D eigenvalue weighted by molar-refractivity contribution is -0.137. The van der Waals surface area contributed by atoms with Crippen LogP contribution in [0.3, 0.4) is 0 Å². The van der Waals surface area contributed by atoms with E-state index in [2.05, 4.69) is 10.3 Å². The molecule has 5 rings (SSSR count). The average Bonchev–Trinajstić information content (AvgIpc) is 3.24. The Hall–Kier alpha value is -2.94. The number of nitrogens with one attached hydrogen (secondary N) is 2. The number of fused-ring (bicyclic) bond motifs is 3. The summed E-state index contributed by atoms with van der Waals surface area (Å²) in [7, 11) is 0. The first-order valence-electron chi connectivity index (χ1n) is 11.9. The topological polar surface area (TPSA) is 48.0 Å². The van der Waals surface area contributed by atoms with E-state index in [1.807, 2.05) is 0 Å². The van der Waals surface area contributed by atoms with Crippen molar-refractivity contribution in [1.29, 1.82) is 0 Å². The number of aromatic nitrogens is 1. The molecule has 0 aliphatic carbocycles. The molecule has 0 saturated carbocycles. The summed E-state index contributed by atoms with van der Waals surface area (Å²) >= 11 is 0. The first kappa shape index (κ1) is 27.1. The lowest BCUT2D eigenvalue weighted by Crippen LogP contribution is -2.35. The van der Waals surface area contributed by atoms with Gasteiger partial charge in [-0.2, -0.15) is 13.2 Å². The summed E-state index contributed by atoms with van der Waals surface area (Å²) in [5, 5.41) is 14.7. The van der Waals surface area contributed by atoms with Crippen LogP contribution in [0.15, 0.2) is 60.7 Å². The van der Waals surface area contributed by atoms with Crippen molar-refractivity contribution < 1.29 is 27.1 Å². The monoisotopic (exact) mass is 536 g/mol. The normalized spacial score (nSPS) is 16.3. The minimum Gasteiger partial charge on any atom is -0.388 e. The smallest absolute Gasteiger partial charge is 0.388 e. The standard InChI is InChI=1S/C28H25F5N2O.ClH/c29-19-9-7-16(8-10-19)21-11-12-23(30)27-26(21)22-15-34-20(14-24(22)35-27)5-2-6-25(36)17-3-1-4-18(13-17)28(31,32)33;/h1,3-4,7-13,20,25,34-36H,2,5-6,14-15H2;1H. The lowest BCUT2D eigenvalue weighted by Gasteiger charge is -2.25. The molecule has 2 unspecified atom stereocenters. The van der Waals surface area contributed by atoms with Gasteiger partial charge >= 0.3 is 6.18 Å². The Morgan fingerprint density at radius 2 is 1.76 bits per heavy atom. The third kappa shape index (κ3) is 5.66. The van der Waals surface area contributed by atoms with Crippen LogP contribution in [-0.4, -0.2) is 16.1 Å². The summed E-state index contributed by atoms with van der Waals surface area (Å²) in [6, 6.07) is 14.1. The number of aliphatic hydroxyl groups excluding tert-OH is 1. The molecule has 0 amide bonds. The fourth-order valence-electron chi connectivity index (χ4n) is 5.05. The van der Waals surface area contributed by atoms with E-state index in [9.17, 15) is 27.1 Å². The summed E-state index contributed by atoms with van der Waals surface area (Å²) in [5.74, 6) is -0.693. The van der Waals surface area contributed by atoms with Crippen LogP contribution in [0.5, 0.6) is 0 Å². The van der Waals surface area contributed by atoms with Crippen molar-refractivity contribution in [3.05, 3.63) is 94.7 Å². The molecular formula is C28H26ClF5N2O. The number of alkyl halides is 3. The predicted octanol–water partition coefficient (Wildman–Crippen LogP) is 7.47. The maximum absolute atomic E-state index is 14.7. The second kappa shape index (κ2) is 10.8. The second-order valence-electron chi connectivity index (χ2n) is 9.29. The predicted molar refractivity (Wildman–Crippen MR) is 135 cm³/mol. The first-order chi connectivity index (χ1) is 17.2. The van der Waals surface area contributed by atoms with E-state index in [0.717, 1.165) is 39.9 Å². The fourth-order valence-corrected chi connectivity index (χ4v) is 5.05. The molecule has 37 heavy (non-hydrogen) atoms. The van der Waals surface area contributed by atoms with Gasteiger partial charge in [0.15, 0.2) is 0 Å². The Labute approximate surface area is 217 Å². The van der Waals surface area contributed by atoms with Crippen molar-refractivity contribution in [2.24, 2.45) is 0 Å². The Kier molecular flexibility index (Phi) is 7.92. The summed E-state index contributed by atoms with van der Waals surface area (Å²) in [6.07, 6.45) is -3.15. The molecule has 2 atom stereocenters. The Morgan fingerprint density at radius 1 is 1.00 bits per heavy atom. The molecule has 0 spiro atoms. The quantitative estimate of drug-likeness (QED) is 0.224. The van der Waals surface area contributed by atoms with Gasteiger partial charge in [-0.15, -0.1) is 12.4 Å². The third-order valence-electron chi connectivity index (χ3n) is 6.90. The van der Waals surface area contributed by atoms with Crippen molar-refractivity contribution in [2.45, 2.75) is 50.6 Å². The maximum atomic E-state index is 14.7. The number of rotatable bonds is 6. The van der Waals surface area contributed by atoms with Crippen LogP contribution in [-0.2, 0) is 19.1 Å². The summed E-state index contributed by atoms with van der Waals surface area (Å²) in [4.78, 5) is 3.24. The highest BCUT2D eigenvalue weighted by molar-refractivity contribution is 5.99. The lowest BCUT2D eigenvalue weighted by atomic mass is 9.93. The number of aliphatic hydroxyl groups is 1. The van der Waals surface area contributed by atoms with E-state index in [1.54, 1.807) is 18.2 Å². The number of H-pyrrole nitrogens is 1. The van der Waals surface area contributed by atoms with Crippen molar-refractivity contribution in [2.75, 3.05) is 0 Å². The summed E-state index contributed by atoms with van der Waals surface area (Å²) < 4.78 is 67.0. The SMILES string of the molecule is Cl.OC(CCCC1Cc2[nH]c3c(F)ccc(-c4ccc(F)cc4)c3c2CN1)c1cccc(C(F)(F)F)c1. The van der Waals surface area contributed by atoms with E-state index < -0.39 is 17.8 Å². The minimum absolute atomic E-state index is 0. The number of aromatic amines is 1. The second-order valence-corrected chi connectivity index (χ2v) is 9.29. The van der Waals surface area contributed by atoms with E-state index in [0.29, 0.717) is 37.7 Å². The molecule has 4 aromatic rings. The highest BCUT2D eigenvalue weighted by Crippen LogP contribution is 2.37. The van der Waals surface area contributed by atoms with Crippen molar-refractivity contribution in [1.82, 2.24) is 10.3 Å². The Bertz CT molecular complexity index is 1380.